The summed E-state index contributed by atoms with van der Waals surface area (Å²) < 4.78 is 0. The molecule has 44 valence electrons. The molecule has 0 heterocycles. The maximum absolute atomic E-state index is 7.57. The van der Waals surface area contributed by atoms with Gasteiger partial charge in [-0.1, -0.05) is 0 Å². The predicted octanol–water partition coefficient (Wildman–Crippen LogP) is 0.839. The Balaban J connectivity index is -0.0000000275. The van der Waals surface area contributed by atoms with Crippen LogP contribution in [0.1, 0.15) is 13.8 Å². The van der Waals surface area contributed by atoms with E-state index in [0.29, 0.717) is 0 Å². The van der Waals surface area contributed by atoms with Crippen LogP contribution in [0.25, 0.3) is 0 Å². The van der Waals surface area contributed by atoms with E-state index < -0.39 is 0 Å². The molecule has 0 saturated heterocycles. The van der Waals surface area contributed by atoms with Crippen molar-refractivity contribution in [2.45, 2.75) is 13.8 Å². The fraction of sp³-hybridized carbons (Fsp3) is 0.750. The Morgan fingerprint density at radius 3 is 1.50 bits per heavy atom. The van der Waals surface area contributed by atoms with E-state index in [1.54, 1.807) is 13.8 Å². The smallest absolute Gasteiger partial charge is 0.0402 e. The fourth-order valence-corrected chi connectivity index (χ4v) is 0. The molecule has 0 unspecified atom stereocenters. The minimum absolute atomic E-state index is 0. The Kier molecular flexibility index (Phi) is 89.5. The topological polar surface area (TPSA) is 20.2 Å². The molecule has 0 saturated carbocycles. The van der Waals surface area contributed by atoms with Gasteiger partial charge in [-0.2, -0.15) is 6.92 Å². The summed E-state index contributed by atoms with van der Waals surface area (Å²) in [4.78, 5) is 0. The molecule has 0 aliphatic carbocycles. The van der Waals surface area contributed by atoms with E-state index in [0.717, 1.165) is 0 Å². The van der Waals surface area contributed by atoms with Gasteiger partial charge in [-0.05, 0) is 6.92 Å². The first-order valence-corrected chi connectivity index (χ1v) is 1.73. The molecule has 0 aromatic heterocycles. The van der Waals surface area contributed by atoms with Gasteiger partial charge < -0.3 is 12.0 Å². The number of hydrogen-bond donors (Lipinski definition) is 1. The second kappa shape index (κ2) is 34.2. The third-order valence-electron chi connectivity index (χ3n) is 0. The Bertz CT molecular complexity index is 7.51. The largest absolute Gasteiger partial charge is 0.397 e. The van der Waals surface area contributed by atoms with E-state index in [4.69, 9.17) is 5.11 Å². The second-order valence-electron chi connectivity index (χ2n) is 0.316. The Labute approximate surface area is 70.2 Å². The van der Waals surface area contributed by atoms with Crippen LogP contribution in [0.3, 0.4) is 0 Å². The molecule has 0 atom stereocenters. The van der Waals surface area contributed by atoms with Gasteiger partial charge in [-0.3, -0.25) is 0 Å². The molecule has 1 N–H and O–H groups in total. The molecule has 0 bridgehead atoms. The quantitative estimate of drug-likeness (QED) is 0.619. The standard InChI is InChI=1S/C2H6O.C2H5.Dy/c1-2-3;1-2;/h3H,2H2,1H3;1H2,2H3;/q;-1;. The average molecular weight is 238 g/mol. The monoisotopic (exact) mass is 239 g/mol. The van der Waals surface area contributed by atoms with E-state index in [2.05, 4.69) is 6.92 Å². The molecule has 0 rings (SSSR count). The zero-order valence-corrected chi connectivity index (χ0v) is 6.21. The molecule has 1 nitrogen and oxygen atoms in total. The summed E-state index contributed by atoms with van der Waals surface area (Å²) in [6.07, 6.45) is 0. The van der Waals surface area contributed by atoms with E-state index in [1.807, 2.05) is 0 Å². The van der Waals surface area contributed by atoms with Crippen LogP contribution in [0.15, 0.2) is 0 Å². The molecule has 0 aromatic rings. The van der Waals surface area contributed by atoms with Crippen LogP contribution in [0.4, 0.5) is 0 Å². The Morgan fingerprint density at radius 2 is 1.50 bits per heavy atom. The van der Waals surface area contributed by atoms with E-state index in [1.165, 1.54) is 0 Å². The predicted molar refractivity (Wildman–Crippen MR) is 23.8 cm³/mol. The van der Waals surface area contributed by atoms with Gasteiger partial charge in [0.15, 0.2) is 0 Å². The van der Waals surface area contributed by atoms with Crippen molar-refractivity contribution in [3.05, 3.63) is 6.92 Å². The van der Waals surface area contributed by atoms with Gasteiger partial charge in [0.2, 0.25) is 0 Å². The van der Waals surface area contributed by atoms with Crippen LogP contribution in [-0.2, 0) is 0 Å². The first kappa shape index (κ1) is 15.7. The molecule has 0 radical (unpaired) electrons. The normalized spacial score (nSPS) is 4.00. The van der Waals surface area contributed by atoms with Crippen molar-refractivity contribution < 1.29 is 43.3 Å². The van der Waals surface area contributed by atoms with E-state index in [9.17, 15) is 0 Å². The van der Waals surface area contributed by atoms with Gasteiger partial charge in [0.05, 0.1) is 0 Å². The Morgan fingerprint density at radius 1 is 1.50 bits per heavy atom. The Hall–Kier alpha value is 1.23. The van der Waals surface area contributed by atoms with Crippen molar-refractivity contribution >= 4 is 0 Å². The summed E-state index contributed by atoms with van der Waals surface area (Å²) in [7, 11) is 0. The average Bonchev–Trinajstić information content (AvgIpc) is 1.46. The number of hydrogen-bond acceptors (Lipinski definition) is 1. The molecule has 2 heteroatoms. The van der Waals surface area contributed by atoms with Crippen molar-refractivity contribution in [2.75, 3.05) is 6.61 Å². The molecular weight excluding hydrogens is 227 g/mol. The van der Waals surface area contributed by atoms with Gasteiger partial charge in [0, 0.05) is 44.8 Å². The van der Waals surface area contributed by atoms with Crippen LogP contribution in [0, 0.1) is 45.1 Å². The third-order valence-corrected chi connectivity index (χ3v) is 0. The molecule has 0 fully saturated rings. The van der Waals surface area contributed by atoms with Crippen LogP contribution < -0.4 is 0 Å². The summed E-state index contributed by atoms with van der Waals surface area (Å²) in [5.41, 5.74) is 0. The minimum Gasteiger partial charge on any atom is -0.397 e. The van der Waals surface area contributed by atoms with Gasteiger partial charge in [0.25, 0.3) is 0 Å². The summed E-state index contributed by atoms with van der Waals surface area (Å²) in [6.45, 7) is 6.93. The maximum atomic E-state index is 7.57. The number of aliphatic hydroxyl groups is 1. The van der Waals surface area contributed by atoms with Gasteiger partial charge in [0.1, 0.15) is 0 Å². The molecule has 0 amide bonds. The van der Waals surface area contributed by atoms with Crippen LogP contribution in [0.5, 0.6) is 0 Å². The van der Waals surface area contributed by atoms with Gasteiger partial charge >= 0.3 is 0 Å². The molecule has 0 spiro atoms. The van der Waals surface area contributed by atoms with Gasteiger partial charge in [-0.15, -0.1) is 0 Å². The second-order valence-corrected chi connectivity index (χ2v) is 0.316. The van der Waals surface area contributed by atoms with E-state index in [-0.39, 0.29) is 44.8 Å². The summed E-state index contributed by atoms with van der Waals surface area (Å²) in [6, 6.07) is 0. The SMILES string of the molecule is CCO.[CH2-]C.[Dy]. The number of rotatable bonds is 0. The third kappa shape index (κ3) is 61.7. The van der Waals surface area contributed by atoms with E-state index >= 15 is 0 Å². The summed E-state index contributed by atoms with van der Waals surface area (Å²) in [5.74, 6) is 0. The molecule has 0 aromatic carbocycles. The zero-order valence-electron chi connectivity index (χ0n) is 4.18. The zero-order chi connectivity index (χ0) is 4.71. The van der Waals surface area contributed by atoms with Gasteiger partial charge in [-0.25, -0.2) is 0 Å². The summed E-state index contributed by atoms with van der Waals surface area (Å²) >= 11 is 0. The first-order valence-electron chi connectivity index (χ1n) is 1.73. The van der Waals surface area contributed by atoms with Crippen molar-refractivity contribution in [1.29, 1.82) is 0 Å². The molecule has 0 aliphatic rings. The maximum Gasteiger partial charge on any atom is 0.0402 e. The molecular formula is C4H11DyO-. The van der Waals surface area contributed by atoms with Crippen LogP contribution in [-0.4, -0.2) is 11.7 Å². The van der Waals surface area contributed by atoms with Crippen LogP contribution in [0.2, 0.25) is 0 Å². The summed E-state index contributed by atoms with van der Waals surface area (Å²) in [5, 5.41) is 7.57. The van der Waals surface area contributed by atoms with Crippen molar-refractivity contribution in [3.8, 4) is 0 Å². The fourth-order valence-electron chi connectivity index (χ4n) is 0. The van der Waals surface area contributed by atoms with Crippen LogP contribution >= 0.6 is 0 Å². The van der Waals surface area contributed by atoms with Crippen molar-refractivity contribution in [3.63, 3.8) is 0 Å². The van der Waals surface area contributed by atoms with Crippen molar-refractivity contribution in [2.24, 2.45) is 0 Å². The van der Waals surface area contributed by atoms with Crippen molar-refractivity contribution in [1.82, 2.24) is 0 Å². The minimum atomic E-state index is 0. The number of aliphatic hydroxyl groups excluding tert-OH is 1. The molecule has 0 aliphatic heterocycles. The molecule has 6 heavy (non-hydrogen) atoms. The first-order chi connectivity index (χ1) is 2.41.